The topological polar surface area (TPSA) is 31.0 Å². The van der Waals surface area contributed by atoms with Crippen LogP contribution in [0.25, 0.3) is 0 Å². The standard InChI is InChI=1S/C16H32O3/c1-3-17-15(2)18-13-11-9-7-5-4-6-8-10-12-16-14-19-16/h15-16H,3-14H2,1-2H3/t15?,16-/m1/s1. The second-order valence-corrected chi connectivity index (χ2v) is 5.47. The zero-order valence-corrected chi connectivity index (χ0v) is 12.9. The third-order valence-electron chi connectivity index (χ3n) is 3.58. The number of hydrogen-bond acceptors (Lipinski definition) is 3. The molecule has 3 heteroatoms. The predicted molar refractivity (Wildman–Crippen MR) is 78.3 cm³/mol. The Balaban J connectivity index is 1.66. The summed E-state index contributed by atoms with van der Waals surface area (Å²) in [6.45, 7) is 6.55. The summed E-state index contributed by atoms with van der Waals surface area (Å²) in [5.41, 5.74) is 0. The largest absolute Gasteiger partial charge is 0.373 e. The van der Waals surface area contributed by atoms with Gasteiger partial charge in [-0.2, -0.15) is 0 Å². The molecule has 0 spiro atoms. The first kappa shape index (κ1) is 16.9. The second kappa shape index (κ2) is 11.7. The van der Waals surface area contributed by atoms with E-state index in [0.717, 1.165) is 26.2 Å². The van der Waals surface area contributed by atoms with Gasteiger partial charge in [0, 0.05) is 13.2 Å². The molecule has 1 fully saturated rings. The molecule has 1 saturated heterocycles. The van der Waals surface area contributed by atoms with Crippen molar-refractivity contribution in [3.8, 4) is 0 Å². The molecule has 0 saturated carbocycles. The van der Waals surface area contributed by atoms with E-state index in [1.807, 2.05) is 13.8 Å². The van der Waals surface area contributed by atoms with Crippen LogP contribution in [0.3, 0.4) is 0 Å². The van der Waals surface area contributed by atoms with Gasteiger partial charge in [0.1, 0.15) is 0 Å². The quantitative estimate of drug-likeness (QED) is 0.268. The van der Waals surface area contributed by atoms with Crippen molar-refractivity contribution in [1.82, 2.24) is 0 Å². The summed E-state index contributed by atoms with van der Waals surface area (Å²) in [5, 5.41) is 0. The summed E-state index contributed by atoms with van der Waals surface area (Å²) < 4.78 is 16.1. The fourth-order valence-electron chi connectivity index (χ4n) is 2.30. The molecule has 0 bridgehead atoms. The van der Waals surface area contributed by atoms with Crippen LogP contribution in [0.1, 0.15) is 71.6 Å². The summed E-state index contributed by atoms with van der Waals surface area (Å²) in [6, 6.07) is 0. The average Bonchev–Trinajstić information content (AvgIpc) is 3.20. The van der Waals surface area contributed by atoms with E-state index in [-0.39, 0.29) is 6.29 Å². The molecule has 0 aromatic heterocycles. The van der Waals surface area contributed by atoms with E-state index in [4.69, 9.17) is 14.2 Å². The Kier molecular flexibility index (Phi) is 10.4. The lowest BCUT2D eigenvalue weighted by Gasteiger charge is -2.12. The van der Waals surface area contributed by atoms with E-state index in [1.165, 1.54) is 51.4 Å². The second-order valence-electron chi connectivity index (χ2n) is 5.47. The number of ether oxygens (including phenoxy) is 3. The molecule has 1 aliphatic rings. The van der Waals surface area contributed by atoms with Crippen LogP contribution in [0.2, 0.25) is 0 Å². The van der Waals surface area contributed by atoms with Crippen LogP contribution in [0.15, 0.2) is 0 Å². The molecule has 1 heterocycles. The minimum Gasteiger partial charge on any atom is -0.373 e. The Morgan fingerprint density at radius 2 is 1.53 bits per heavy atom. The molecule has 0 aliphatic carbocycles. The number of epoxide rings is 1. The molecule has 0 aromatic carbocycles. The van der Waals surface area contributed by atoms with Crippen molar-refractivity contribution in [3.05, 3.63) is 0 Å². The molecule has 3 nitrogen and oxygen atoms in total. The van der Waals surface area contributed by atoms with Gasteiger partial charge in [-0.15, -0.1) is 0 Å². The van der Waals surface area contributed by atoms with Crippen molar-refractivity contribution in [2.75, 3.05) is 19.8 Å². The molecule has 0 aromatic rings. The Hall–Kier alpha value is -0.120. The van der Waals surface area contributed by atoms with Gasteiger partial charge in [-0.1, -0.05) is 44.9 Å². The molecule has 1 unspecified atom stereocenters. The third-order valence-corrected chi connectivity index (χ3v) is 3.58. The van der Waals surface area contributed by atoms with Crippen LogP contribution < -0.4 is 0 Å². The van der Waals surface area contributed by atoms with Gasteiger partial charge in [-0.3, -0.25) is 0 Å². The van der Waals surface area contributed by atoms with E-state index in [2.05, 4.69) is 0 Å². The van der Waals surface area contributed by atoms with Gasteiger partial charge in [0.25, 0.3) is 0 Å². The molecule has 1 rings (SSSR count). The highest BCUT2D eigenvalue weighted by molar-refractivity contribution is 4.68. The fourth-order valence-corrected chi connectivity index (χ4v) is 2.30. The van der Waals surface area contributed by atoms with Gasteiger partial charge in [0.2, 0.25) is 0 Å². The van der Waals surface area contributed by atoms with Gasteiger partial charge in [0.15, 0.2) is 6.29 Å². The summed E-state index contributed by atoms with van der Waals surface area (Å²) >= 11 is 0. The predicted octanol–water partition coefficient (Wildman–Crippen LogP) is 4.30. The third kappa shape index (κ3) is 11.4. The minimum atomic E-state index is -0.0413. The SMILES string of the molecule is CCOC(C)OCCCCCCCCCC[C@@H]1CO1. The van der Waals surface area contributed by atoms with Crippen LogP contribution in [0, 0.1) is 0 Å². The van der Waals surface area contributed by atoms with Crippen molar-refractivity contribution in [1.29, 1.82) is 0 Å². The molecule has 2 atom stereocenters. The highest BCUT2D eigenvalue weighted by atomic mass is 16.7. The Morgan fingerprint density at radius 3 is 2.11 bits per heavy atom. The van der Waals surface area contributed by atoms with Gasteiger partial charge in [-0.25, -0.2) is 0 Å². The van der Waals surface area contributed by atoms with Crippen molar-refractivity contribution in [2.24, 2.45) is 0 Å². The highest BCUT2D eigenvalue weighted by Gasteiger charge is 2.20. The minimum absolute atomic E-state index is 0.0413. The zero-order valence-electron chi connectivity index (χ0n) is 12.9. The number of hydrogen-bond donors (Lipinski definition) is 0. The number of rotatable bonds is 14. The molecular formula is C16H32O3. The fraction of sp³-hybridized carbons (Fsp3) is 1.00. The number of unbranched alkanes of at least 4 members (excludes halogenated alkanes) is 7. The summed E-state index contributed by atoms with van der Waals surface area (Å²) in [5.74, 6) is 0. The van der Waals surface area contributed by atoms with Crippen LogP contribution in [-0.4, -0.2) is 32.2 Å². The molecular weight excluding hydrogens is 240 g/mol. The van der Waals surface area contributed by atoms with Crippen molar-refractivity contribution in [3.63, 3.8) is 0 Å². The van der Waals surface area contributed by atoms with E-state index in [0.29, 0.717) is 6.10 Å². The molecule has 19 heavy (non-hydrogen) atoms. The summed E-state index contributed by atoms with van der Waals surface area (Å²) in [6.07, 6.45) is 12.6. The summed E-state index contributed by atoms with van der Waals surface area (Å²) in [4.78, 5) is 0. The van der Waals surface area contributed by atoms with Gasteiger partial charge in [-0.05, 0) is 26.7 Å². The lowest BCUT2D eigenvalue weighted by atomic mass is 10.1. The van der Waals surface area contributed by atoms with Gasteiger partial charge >= 0.3 is 0 Å². The van der Waals surface area contributed by atoms with Crippen LogP contribution in [0.4, 0.5) is 0 Å². The highest BCUT2D eigenvalue weighted by Crippen LogP contribution is 2.18. The van der Waals surface area contributed by atoms with E-state index in [9.17, 15) is 0 Å². The van der Waals surface area contributed by atoms with Crippen molar-refractivity contribution >= 4 is 0 Å². The van der Waals surface area contributed by atoms with E-state index < -0.39 is 0 Å². The molecule has 1 aliphatic heterocycles. The van der Waals surface area contributed by atoms with Crippen molar-refractivity contribution < 1.29 is 14.2 Å². The van der Waals surface area contributed by atoms with E-state index >= 15 is 0 Å². The van der Waals surface area contributed by atoms with Gasteiger partial charge in [0.05, 0.1) is 12.7 Å². The normalized spacial score (nSPS) is 19.6. The Labute approximate surface area is 119 Å². The molecule has 0 N–H and O–H groups in total. The van der Waals surface area contributed by atoms with Crippen LogP contribution in [0.5, 0.6) is 0 Å². The Bertz CT molecular complexity index is 192. The van der Waals surface area contributed by atoms with Crippen molar-refractivity contribution in [2.45, 2.75) is 84.0 Å². The maximum absolute atomic E-state index is 5.54. The average molecular weight is 272 g/mol. The first-order chi connectivity index (χ1) is 9.33. The van der Waals surface area contributed by atoms with Crippen LogP contribution >= 0.6 is 0 Å². The van der Waals surface area contributed by atoms with E-state index in [1.54, 1.807) is 0 Å². The maximum atomic E-state index is 5.54. The monoisotopic (exact) mass is 272 g/mol. The molecule has 0 radical (unpaired) electrons. The zero-order chi connectivity index (χ0) is 13.8. The first-order valence-corrected chi connectivity index (χ1v) is 8.17. The lowest BCUT2D eigenvalue weighted by Crippen LogP contribution is -2.13. The first-order valence-electron chi connectivity index (χ1n) is 8.17. The Morgan fingerprint density at radius 1 is 0.947 bits per heavy atom. The molecule has 0 amide bonds. The van der Waals surface area contributed by atoms with Gasteiger partial charge < -0.3 is 14.2 Å². The molecule has 114 valence electrons. The summed E-state index contributed by atoms with van der Waals surface area (Å²) in [7, 11) is 0. The smallest absolute Gasteiger partial charge is 0.154 e. The maximum Gasteiger partial charge on any atom is 0.154 e. The lowest BCUT2D eigenvalue weighted by molar-refractivity contribution is -0.127. The van der Waals surface area contributed by atoms with Crippen LogP contribution in [-0.2, 0) is 14.2 Å².